The smallest absolute Gasteiger partial charge is 0.436 e. The highest BCUT2D eigenvalue weighted by molar-refractivity contribution is 7.16. The summed E-state index contributed by atoms with van der Waals surface area (Å²) in [5.74, 6) is 1.08. The van der Waals surface area contributed by atoms with Crippen LogP contribution in [0.4, 0.5) is 18.2 Å². The van der Waals surface area contributed by atoms with Crippen molar-refractivity contribution in [1.82, 2.24) is 9.97 Å². The molecule has 10 heteroatoms. The maximum Gasteiger partial charge on any atom is 0.436 e. The van der Waals surface area contributed by atoms with Crippen LogP contribution in [0.5, 0.6) is 11.6 Å². The number of ether oxygens (including phenoxy) is 1. The van der Waals surface area contributed by atoms with Gasteiger partial charge in [-0.15, -0.1) is 11.3 Å². The van der Waals surface area contributed by atoms with Crippen molar-refractivity contribution in [2.75, 3.05) is 11.4 Å². The van der Waals surface area contributed by atoms with E-state index in [1.165, 1.54) is 0 Å². The minimum absolute atomic E-state index is 0.115. The Balaban J connectivity index is 0.00000127. The number of pyridine rings is 1. The zero-order valence-electron chi connectivity index (χ0n) is 22.0. The van der Waals surface area contributed by atoms with E-state index in [9.17, 15) is 13.2 Å². The largest absolute Gasteiger partial charge is 0.438 e. The molecule has 0 radical (unpaired) electrons. The number of aromatic nitrogens is 2. The highest BCUT2D eigenvalue weighted by Gasteiger charge is 2.40. The van der Waals surface area contributed by atoms with Crippen LogP contribution in [0.1, 0.15) is 75.2 Å². The topological polar surface area (TPSA) is 72.4 Å². The number of anilines is 1. The van der Waals surface area contributed by atoms with E-state index in [1.807, 2.05) is 42.2 Å². The Morgan fingerprint density at radius 2 is 1.82 bits per heavy atom. The van der Waals surface area contributed by atoms with Gasteiger partial charge in [-0.25, -0.2) is 9.97 Å². The lowest BCUT2D eigenvalue weighted by atomic mass is 9.86. The van der Waals surface area contributed by atoms with Gasteiger partial charge in [0.15, 0.2) is 5.69 Å². The van der Waals surface area contributed by atoms with Crippen molar-refractivity contribution >= 4 is 22.5 Å². The number of hydrogen-bond donors (Lipinski definition) is 0. The van der Waals surface area contributed by atoms with Crippen LogP contribution >= 0.6 is 11.3 Å². The molecule has 3 heterocycles. The van der Waals surface area contributed by atoms with E-state index in [0.29, 0.717) is 28.7 Å². The van der Waals surface area contributed by atoms with E-state index < -0.39 is 11.9 Å². The van der Waals surface area contributed by atoms with Crippen molar-refractivity contribution < 1.29 is 27.5 Å². The number of alkyl halides is 3. The minimum Gasteiger partial charge on any atom is -0.438 e. The van der Waals surface area contributed by atoms with Gasteiger partial charge < -0.3 is 9.64 Å². The third-order valence-electron chi connectivity index (χ3n) is 6.37. The maximum absolute atomic E-state index is 14.0. The number of halogens is 3. The first kappa shape index (κ1) is 29.3. The molecule has 38 heavy (non-hydrogen) atoms. The average molecular weight is 548 g/mol. The standard InChI is InChI=1S/C27H32F3N3OS.CO2/c1-5-19-12-8-9-16-33(19)25-23(27(28,29)30)32-22(35-25)17-18-11-10-15-31-24(18)34-21-14-7-6-13-20(21)26(2,3)4;2-1-3/h6-7,10-11,13-15,19H,5,8-9,12,16-17H2,1-4H3;. The van der Waals surface area contributed by atoms with Gasteiger partial charge in [0, 0.05) is 36.3 Å². The van der Waals surface area contributed by atoms with Gasteiger partial charge in [0.1, 0.15) is 10.8 Å². The van der Waals surface area contributed by atoms with Crippen molar-refractivity contribution in [3.05, 3.63) is 64.4 Å². The van der Waals surface area contributed by atoms with Crippen LogP contribution in [-0.2, 0) is 27.6 Å². The maximum atomic E-state index is 14.0. The molecule has 0 bridgehead atoms. The molecule has 1 unspecified atom stereocenters. The van der Waals surface area contributed by atoms with Crippen LogP contribution in [-0.4, -0.2) is 28.7 Å². The van der Waals surface area contributed by atoms with Gasteiger partial charge in [0.05, 0.1) is 5.01 Å². The fourth-order valence-electron chi connectivity index (χ4n) is 4.60. The summed E-state index contributed by atoms with van der Waals surface area (Å²) in [5.41, 5.74) is 0.822. The molecule has 2 aromatic heterocycles. The molecule has 4 rings (SSSR count). The van der Waals surface area contributed by atoms with Gasteiger partial charge in [0.2, 0.25) is 5.88 Å². The van der Waals surface area contributed by atoms with Crippen molar-refractivity contribution in [1.29, 1.82) is 0 Å². The highest BCUT2D eigenvalue weighted by Crippen LogP contribution is 2.43. The van der Waals surface area contributed by atoms with Gasteiger partial charge >= 0.3 is 12.3 Å². The molecule has 6 nitrogen and oxygen atoms in total. The summed E-state index contributed by atoms with van der Waals surface area (Å²) in [6, 6.07) is 11.5. The lowest BCUT2D eigenvalue weighted by molar-refractivity contribution is -0.191. The Bertz CT molecular complexity index is 1250. The van der Waals surface area contributed by atoms with Gasteiger partial charge in [0.25, 0.3) is 0 Å². The summed E-state index contributed by atoms with van der Waals surface area (Å²) in [4.78, 5) is 26.7. The van der Waals surface area contributed by atoms with E-state index in [1.54, 1.807) is 12.3 Å². The normalized spacial score (nSPS) is 15.9. The predicted octanol–water partition coefficient (Wildman–Crippen LogP) is 7.42. The third kappa shape index (κ3) is 7.20. The lowest BCUT2D eigenvalue weighted by Gasteiger charge is -2.36. The molecule has 1 aliphatic rings. The molecule has 1 fully saturated rings. The molecule has 0 aliphatic carbocycles. The van der Waals surface area contributed by atoms with Gasteiger partial charge in [-0.2, -0.15) is 22.8 Å². The van der Waals surface area contributed by atoms with Crippen molar-refractivity contribution in [2.24, 2.45) is 0 Å². The van der Waals surface area contributed by atoms with E-state index in [0.717, 1.165) is 42.6 Å². The third-order valence-corrected chi connectivity index (χ3v) is 7.47. The van der Waals surface area contributed by atoms with Crippen LogP contribution < -0.4 is 9.64 Å². The zero-order valence-corrected chi connectivity index (χ0v) is 22.8. The van der Waals surface area contributed by atoms with Gasteiger partial charge in [-0.05, 0) is 43.2 Å². The number of para-hydroxylation sites is 1. The first-order valence-electron chi connectivity index (χ1n) is 12.5. The Labute approximate surface area is 224 Å². The molecule has 204 valence electrons. The van der Waals surface area contributed by atoms with E-state index in [-0.39, 0.29) is 29.0 Å². The molecular formula is C28H32F3N3O3S. The van der Waals surface area contributed by atoms with Crippen LogP contribution in [0.2, 0.25) is 0 Å². The fraction of sp³-hybridized carbons (Fsp3) is 0.464. The number of nitrogens with zero attached hydrogens (tertiary/aromatic N) is 3. The molecule has 0 amide bonds. The number of benzene rings is 1. The number of thiazole rings is 1. The fourth-order valence-corrected chi connectivity index (χ4v) is 5.80. The summed E-state index contributed by atoms with van der Waals surface area (Å²) in [5, 5.41) is 0.651. The van der Waals surface area contributed by atoms with Crippen molar-refractivity contribution in [3.63, 3.8) is 0 Å². The monoisotopic (exact) mass is 547 g/mol. The van der Waals surface area contributed by atoms with E-state index >= 15 is 0 Å². The van der Waals surface area contributed by atoms with Crippen LogP contribution in [0, 0.1) is 0 Å². The molecule has 0 N–H and O–H groups in total. The molecule has 3 aromatic rings. The Morgan fingerprint density at radius 3 is 2.47 bits per heavy atom. The Morgan fingerprint density at radius 1 is 1.11 bits per heavy atom. The van der Waals surface area contributed by atoms with Crippen molar-refractivity contribution in [3.8, 4) is 11.6 Å². The molecule has 1 aliphatic heterocycles. The number of carbonyl (C=O) groups excluding carboxylic acids is 2. The summed E-state index contributed by atoms with van der Waals surface area (Å²) in [7, 11) is 0. The Kier molecular flexibility index (Phi) is 9.68. The summed E-state index contributed by atoms with van der Waals surface area (Å²) in [6.45, 7) is 8.98. The lowest BCUT2D eigenvalue weighted by Crippen LogP contribution is -2.39. The van der Waals surface area contributed by atoms with Crippen molar-refractivity contribution in [2.45, 2.75) is 77.4 Å². The Hall–Kier alpha value is -3.23. The van der Waals surface area contributed by atoms with Crippen LogP contribution in [0.3, 0.4) is 0 Å². The summed E-state index contributed by atoms with van der Waals surface area (Å²) in [6.07, 6.45) is 1.28. The minimum atomic E-state index is -4.50. The molecule has 1 aromatic carbocycles. The summed E-state index contributed by atoms with van der Waals surface area (Å²) < 4.78 is 48.2. The SMILES string of the molecule is CCC1CCCCN1c1sc(Cc2cccnc2Oc2ccccc2C(C)(C)C)nc1C(F)(F)F.O=C=O. The predicted molar refractivity (Wildman–Crippen MR) is 140 cm³/mol. The molecular weight excluding hydrogens is 515 g/mol. The highest BCUT2D eigenvalue weighted by atomic mass is 32.1. The molecule has 1 saturated heterocycles. The second-order valence-electron chi connectivity index (χ2n) is 10.1. The quantitative estimate of drug-likeness (QED) is 0.320. The molecule has 0 saturated carbocycles. The second kappa shape index (κ2) is 12.5. The number of rotatable bonds is 6. The first-order valence-corrected chi connectivity index (χ1v) is 13.3. The molecule has 1 atom stereocenters. The number of piperidine rings is 1. The molecule has 0 spiro atoms. The second-order valence-corrected chi connectivity index (χ2v) is 11.1. The van der Waals surface area contributed by atoms with E-state index in [2.05, 4.69) is 30.7 Å². The van der Waals surface area contributed by atoms with E-state index in [4.69, 9.17) is 14.3 Å². The van der Waals surface area contributed by atoms with Crippen LogP contribution in [0.15, 0.2) is 42.6 Å². The van der Waals surface area contributed by atoms with Crippen LogP contribution in [0.25, 0.3) is 0 Å². The first-order chi connectivity index (χ1) is 18.0. The zero-order chi connectivity index (χ0) is 27.9. The van der Waals surface area contributed by atoms with Gasteiger partial charge in [-0.1, -0.05) is 52.0 Å². The van der Waals surface area contributed by atoms with Gasteiger partial charge in [-0.3, -0.25) is 0 Å². The average Bonchev–Trinajstić information content (AvgIpc) is 3.30. The summed E-state index contributed by atoms with van der Waals surface area (Å²) >= 11 is 1.14. The number of hydrogen-bond acceptors (Lipinski definition) is 7.